The fourth-order valence-corrected chi connectivity index (χ4v) is 3.39. The third-order valence-electron chi connectivity index (χ3n) is 3.93. The maximum absolute atomic E-state index is 6.27. The number of fused-ring (bicyclic) bond motifs is 1. The summed E-state index contributed by atoms with van der Waals surface area (Å²) in [7, 11) is 0. The van der Waals surface area contributed by atoms with Gasteiger partial charge in [0, 0.05) is 11.4 Å². The van der Waals surface area contributed by atoms with E-state index in [2.05, 4.69) is 31.3 Å². The first-order valence-electron chi connectivity index (χ1n) is 6.77. The molecule has 0 aromatic heterocycles. The number of nitrogens with one attached hydrogen (secondary N) is 1. The van der Waals surface area contributed by atoms with Gasteiger partial charge in [-0.25, -0.2) is 0 Å². The third-order valence-corrected chi connectivity index (χ3v) is 4.15. The van der Waals surface area contributed by atoms with Crippen molar-refractivity contribution in [3.8, 4) is 5.75 Å². The SMILES string of the molecule is CC1(C)Cc2cc(Cl)cc(C3CCNCC3)c2O1. The molecule has 2 nitrogen and oxygen atoms in total. The summed E-state index contributed by atoms with van der Waals surface area (Å²) in [6.07, 6.45) is 3.31. The number of piperidine rings is 1. The molecule has 0 bridgehead atoms. The largest absolute Gasteiger partial charge is 0.487 e. The van der Waals surface area contributed by atoms with Crippen LogP contribution < -0.4 is 10.1 Å². The molecule has 0 aliphatic carbocycles. The molecule has 0 spiro atoms. The van der Waals surface area contributed by atoms with E-state index in [-0.39, 0.29) is 5.60 Å². The highest BCUT2D eigenvalue weighted by Gasteiger charge is 2.34. The molecule has 2 aliphatic heterocycles. The van der Waals surface area contributed by atoms with Crippen LogP contribution in [0.25, 0.3) is 0 Å². The van der Waals surface area contributed by atoms with E-state index in [9.17, 15) is 0 Å². The summed E-state index contributed by atoms with van der Waals surface area (Å²) in [5, 5.41) is 4.26. The fraction of sp³-hybridized carbons (Fsp3) is 0.600. The third kappa shape index (κ3) is 2.24. The normalized spacial score (nSPS) is 22.6. The molecule has 3 rings (SSSR count). The molecule has 1 aromatic rings. The van der Waals surface area contributed by atoms with Crippen LogP contribution in [0.5, 0.6) is 5.75 Å². The molecule has 2 heterocycles. The second-order valence-electron chi connectivity index (χ2n) is 6.05. The zero-order valence-electron chi connectivity index (χ0n) is 11.1. The van der Waals surface area contributed by atoms with E-state index in [1.54, 1.807) is 0 Å². The number of ether oxygens (including phenoxy) is 1. The van der Waals surface area contributed by atoms with Crippen molar-refractivity contribution in [2.24, 2.45) is 0 Å². The topological polar surface area (TPSA) is 21.3 Å². The molecule has 0 unspecified atom stereocenters. The molecule has 1 N–H and O–H groups in total. The molecule has 1 aromatic carbocycles. The van der Waals surface area contributed by atoms with Gasteiger partial charge >= 0.3 is 0 Å². The van der Waals surface area contributed by atoms with E-state index in [0.29, 0.717) is 5.92 Å². The summed E-state index contributed by atoms with van der Waals surface area (Å²) in [4.78, 5) is 0. The maximum Gasteiger partial charge on any atom is 0.127 e. The summed E-state index contributed by atoms with van der Waals surface area (Å²) < 4.78 is 6.15. The predicted octanol–water partition coefficient (Wildman–Crippen LogP) is 3.52. The predicted molar refractivity (Wildman–Crippen MR) is 74.7 cm³/mol. The van der Waals surface area contributed by atoms with Gasteiger partial charge < -0.3 is 10.1 Å². The van der Waals surface area contributed by atoms with E-state index in [1.165, 1.54) is 24.0 Å². The first-order chi connectivity index (χ1) is 8.55. The Hall–Kier alpha value is -0.730. The van der Waals surface area contributed by atoms with E-state index in [1.807, 2.05) is 0 Å². The quantitative estimate of drug-likeness (QED) is 0.839. The zero-order chi connectivity index (χ0) is 12.8. The van der Waals surface area contributed by atoms with Crippen LogP contribution in [0.3, 0.4) is 0 Å². The lowest BCUT2D eigenvalue weighted by molar-refractivity contribution is 0.136. The highest BCUT2D eigenvalue weighted by atomic mass is 35.5. The van der Waals surface area contributed by atoms with Crippen LogP contribution in [0.1, 0.15) is 43.7 Å². The number of rotatable bonds is 1. The molecule has 98 valence electrons. The van der Waals surface area contributed by atoms with Gasteiger partial charge in [0.15, 0.2) is 0 Å². The summed E-state index contributed by atoms with van der Waals surface area (Å²) in [6.45, 7) is 6.48. The Morgan fingerprint density at radius 1 is 1.28 bits per heavy atom. The summed E-state index contributed by atoms with van der Waals surface area (Å²) in [6, 6.07) is 4.17. The van der Waals surface area contributed by atoms with Crippen LogP contribution in [-0.4, -0.2) is 18.7 Å². The lowest BCUT2D eigenvalue weighted by Crippen LogP contribution is -2.27. The minimum absolute atomic E-state index is 0.0886. The van der Waals surface area contributed by atoms with Crippen molar-refractivity contribution in [3.05, 3.63) is 28.3 Å². The molecular weight excluding hydrogens is 246 g/mol. The van der Waals surface area contributed by atoms with E-state index in [0.717, 1.165) is 30.3 Å². The summed E-state index contributed by atoms with van der Waals surface area (Å²) in [5.74, 6) is 1.70. The van der Waals surface area contributed by atoms with Crippen molar-refractivity contribution in [2.45, 2.75) is 44.6 Å². The Kier molecular flexibility index (Phi) is 3.03. The van der Waals surface area contributed by atoms with Gasteiger partial charge in [-0.15, -0.1) is 0 Å². The van der Waals surface area contributed by atoms with Crippen molar-refractivity contribution in [1.82, 2.24) is 5.32 Å². The summed E-state index contributed by atoms with van der Waals surface area (Å²) in [5.41, 5.74) is 2.51. The van der Waals surface area contributed by atoms with Crippen LogP contribution in [-0.2, 0) is 6.42 Å². The average molecular weight is 266 g/mol. The van der Waals surface area contributed by atoms with E-state index in [4.69, 9.17) is 16.3 Å². The number of halogens is 1. The van der Waals surface area contributed by atoms with Crippen molar-refractivity contribution in [1.29, 1.82) is 0 Å². The van der Waals surface area contributed by atoms with Gasteiger partial charge in [-0.3, -0.25) is 0 Å². The molecule has 0 radical (unpaired) electrons. The number of hydrogen-bond donors (Lipinski definition) is 1. The van der Waals surface area contributed by atoms with Crippen molar-refractivity contribution < 1.29 is 4.74 Å². The van der Waals surface area contributed by atoms with Crippen LogP contribution in [0, 0.1) is 0 Å². The monoisotopic (exact) mass is 265 g/mol. The fourth-order valence-electron chi connectivity index (χ4n) is 3.14. The minimum atomic E-state index is -0.0886. The van der Waals surface area contributed by atoms with Gasteiger partial charge in [-0.2, -0.15) is 0 Å². The van der Waals surface area contributed by atoms with Gasteiger partial charge in [0.1, 0.15) is 11.4 Å². The molecule has 0 saturated carbocycles. The lowest BCUT2D eigenvalue weighted by atomic mass is 9.88. The molecule has 0 atom stereocenters. The molecule has 1 saturated heterocycles. The van der Waals surface area contributed by atoms with Crippen LogP contribution >= 0.6 is 11.6 Å². The second kappa shape index (κ2) is 4.43. The van der Waals surface area contributed by atoms with Gasteiger partial charge in [0.25, 0.3) is 0 Å². The maximum atomic E-state index is 6.27. The Labute approximate surface area is 114 Å². The first kappa shape index (κ1) is 12.3. The second-order valence-corrected chi connectivity index (χ2v) is 6.48. The average Bonchev–Trinajstić information content (AvgIpc) is 2.63. The van der Waals surface area contributed by atoms with Crippen molar-refractivity contribution in [2.75, 3.05) is 13.1 Å². The van der Waals surface area contributed by atoms with Crippen molar-refractivity contribution >= 4 is 11.6 Å². The number of hydrogen-bond acceptors (Lipinski definition) is 2. The first-order valence-corrected chi connectivity index (χ1v) is 7.15. The standard InChI is InChI=1S/C15H20ClNO/c1-15(2)9-11-7-12(16)8-13(14(11)18-15)10-3-5-17-6-4-10/h7-8,10,17H,3-6,9H2,1-2H3. The van der Waals surface area contributed by atoms with Gasteiger partial charge in [-0.1, -0.05) is 11.6 Å². The minimum Gasteiger partial charge on any atom is -0.487 e. The van der Waals surface area contributed by atoms with E-state index >= 15 is 0 Å². The smallest absolute Gasteiger partial charge is 0.127 e. The highest BCUT2D eigenvalue weighted by molar-refractivity contribution is 6.30. The lowest BCUT2D eigenvalue weighted by Gasteiger charge is -2.26. The molecule has 0 amide bonds. The Bertz CT molecular complexity index is 464. The summed E-state index contributed by atoms with van der Waals surface area (Å²) >= 11 is 6.27. The van der Waals surface area contributed by atoms with Gasteiger partial charge in [0.2, 0.25) is 0 Å². The molecule has 3 heteroatoms. The highest BCUT2D eigenvalue weighted by Crippen LogP contribution is 2.44. The molecule has 18 heavy (non-hydrogen) atoms. The Morgan fingerprint density at radius 3 is 2.72 bits per heavy atom. The van der Waals surface area contributed by atoms with Crippen molar-refractivity contribution in [3.63, 3.8) is 0 Å². The van der Waals surface area contributed by atoms with Crippen LogP contribution in [0.4, 0.5) is 0 Å². The zero-order valence-corrected chi connectivity index (χ0v) is 11.8. The van der Waals surface area contributed by atoms with E-state index < -0.39 is 0 Å². The Morgan fingerprint density at radius 2 is 2.00 bits per heavy atom. The van der Waals surface area contributed by atoms with Crippen LogP contribution in [0.15, 0.2) is 12.1 Å². The van der Waals surface area contributed by atoms with Crippen LogP contribution in [0.2, 0.25) is 5.02 Å². The molecule has 2 aliphatic rings. The molecule has 1 fully saturated rings. The van der Waals surface area contributed by atoms with Gasteiger partial charge in [-0.05, 0) is 69.0 Å². The Balaban J connectivity index is 2.00. The number of benzene rings is 1. The molecular formula is C15H20ClNO. The van der Waals surface area contributed by atoms with Gasteiger partial charge in [0.05, 0.1) is 0 Å².